The van der Waals surface area contributed by atoms with Gasteiger partial charge in [-0.2, -0.15) is 0 Å². The van der Waals surface area contributed by atoms with Crippen LogP contribution in [0.3, 0.4) is 0 Å². The Morgan fingerprint density at radius 3 is 2.62 bits per heavy atom. The van der Waals surface area contributed by atoms with Crippen molar-refractivity contribution in [1.29, 1.82) is 0 Å². The van der Waals surface area contributed by atoms with E-state index in [-0.39, 0.29) is 5.91 Å². The molecular weight excluding hydrogens is 338 g/mol. The van der Waals surface area contributed by atoms with E-state index >= 15 is 0 Å². The van der Waals surface area contributed by atoms with Gasteiger partial charge in [0, 0.05) is 23.3 Å². The highest BCUT2D eigenvalue weighted by Gasteiger charge is 2.18. The van der Waals surface area contributed by atoms with Crippen LogP contribution in [0.1, 0.15) is 31.2 Å². The zero-order chi connectivity index (χ0) is 16.8. The van der Waals surface area contributed by atoms with E-state index in [1.54, 1.807) is 24.2 Å². The van der Waals surface area contributed by atoms with Crippen LogP contribution < -0.4 is 5.32 Å². The minimum Gasteiger partial charge on any atom is -0.353 e. The summed E-state index contributed by atoms with van der Waals surface area (Å²) in [6.45, 7) is 2.08. The van der Waals surface area contributed by atoms with Crippen molar-refractivity contribution in [2.24, 2.45) is 0 Å². The Morgan fingerprint density at radius 1 is 1.17 bits per heavy atom. The summed E-state index contributed by atoms with van der Waals surface area (Å²) in [6, 6.07) is 8.57. The molecule has 24 heavy (non-hydrogen) atoms. The van der Waals surface area contributed by atoms with Gasteiger partial charge in [0.2, 0.25) is 5.91 Å². The largest absolute Gasteiger partial charge is 0.353 e. The average Bonchev–Trinajstić information content (AvgIpc) is 3.09. The highest BCUT2D eigenvalue weighted by atomic mass is 32.2. The predicted octanol–water partition coefficient (Wildman–Crippen LogP) is 4.09. The smallest absolute Gasteiger partial charge is 0.230 e. The van der Waals surface area contributed by atoms with E-state index in [2.05, 4.69) is 34.3 Å². The lowest BCUT2D eigenvalue weighted by Gasteiger charge is -2.12. The third-order valence-electron chi connectivity index (χ3n) is 3.99. The second-order valence-corrected chi connectivity index (χ2v) is 7.87. The molecule has 0 atom stereocenters. The van der Waals surface area contributed by atoms with E-state index in [4.69, 9.17) is 0 Å². The van der Waals surface area contributed by atoms with Gasteiger partial charge in [0.05, 0.1) is 5.75 Å². The molecule has 1 aromatic heterocycles. The zero-order valence-electron chi connectivity index (χ0n) is 13.7. The van der Waals surface area contributed by atoms with E-state index in [1.165, 1.54) is 30.2 Å². The number of rotatable bonds is 6. The molecule has 0 bridgehead atoms. The first-order valence-corrected chi connectivity index (χ1v) is 9.99. The average molecular weight is 360 g/mol. The Hall–Kier alpha value is -1.53. The minimum atomic E-state index is 0.0874. The molecule has 1 heterocycles. The summed E-state index contributed by atoms with van der Waals surface area (Å²) in [5, 5.41) is 4.78. The molecule has 0 spiro atoms. The van der Waals surface area contributed by atoms with E-state index in [0.717, 1.165) is 27.8 Å². The SMILES string of the molecule is Cc1ccccc1Sc1nccnc1SCC(=O)NC1CCCC1. The van der Waals surface area contributed by atoms with Crippen molar-refractivity contribution in [2.75, 3.05) is 5.75 Å². The summed E-state index contributed by atoms with van der Waals surface area (Å²) in [6.07, 6.45) is 8.03. The lowest BCUT2D eigenvalue weighted by Crippen LogP contribution is -2.33. The lowest BCUT2D eigenvalue weighted by molar-refractivity contribution is -0.119. The highest BCUT2D eigenvalue weighted by molar-refractivity contribution is 8.02. The number of carbonyl (C=O) groups is 1. The van der Waals surface area contributed by atoms with Crippen LogP contribution in [-0.2, 0) is 4.79 Å². The van der Waals surface area contributed by atoms with Crippen LogP contribution in [0.15, 0.2) is 51.6 Å². The van der Waals surface area contributed by atoms with Gasteiger partial charge in [-0.05, 0) is 31.4 Å². The van der Waals surface area contributed by atoms with Gasteiger partial charge in [-0.1, -0.05) is 54.6 Å². The Morgan fingerprint density at radius 2 is 1.88 bits per heavy atom. The summed E-state index contributed by atoms with van der Waals surface area (Å²) in [5.41, 5.74) is 1.21. The quantitative estimate of drug-likeness (QED) is 0.788. The van der Waals surface area contributed by atoms with Gasteiger partial charge < -0.3 is 5.32 Å². The normalized spacial score (nSPS) is 14.7. The molecule has 126 valence electrons. The lowest BCUT2D eigenvalue weighted by atomic mass is 10.2. The number of thioether (sulfide) groups is 1. The second-order valence-electron chi connectivity index (χ2n) is 5.87. The monoisotopic (exact) mass is 359 g/mol. The molecule has 1 aliphatic rings. The first kappa shape index (κ1) is 17.3. The fourth-order valence-electron chi connectivity index (χ4n) is 2.73. The Balaban J connectivity index is 1.61. The molecule has 1 fully saturated rings. The first-order chi connectivity index (χ1) is 11.7. The van der Waals surface area contributed by atoms with Crippen LogP contribution >= 0.6 is 23.5 Å². The van der Waals surface area contributed by atoms with Gasteiger partial charge in [0.1, 0.15) is 10.1 Å². The number of aryl methyl sites for hydroxylation is 1. The molecular formula is C18H21N3OS2. The molecule has 4 nitrogen and oxygen atoms in total. The molecule has 1 aliphatic carbocycles. The summed E-state index contributed by atoms with van der Waals surface area (Å²) >= 11 is 3.06. The van der Waals surface area contributed by atoms with Gasteiger partial charge in [0.15, 0.2) is 0 Å². The number of carbonyl (C=O) groups excluding carboxylic acids is 1. The number of aromatic nitrogens is 2. The van der Waals surface area contributed by atoms with Crippen molar-refractivity contribution in [1.82, 2.24) is 15.3 Å². The number of nitrogens with one attached hydrogen (secondary N) is 1. The van der Waals surface area contributed by atoms with E-state index in [9.17, 15) is 4.79 Å². The molecule has 0 radical (unpaired) electrons. The third kappa shape index (κ3) is 4.74. The molecule has 0 saturated heterocycles. The Kier molecular flexibility index (Phi) is 6.15. The fourth-order valence-corrected chi connectivity index (χ4v) is 4.53. The third-order valence-corrected chi connectivity index (χ3v) is 6.27. The van der Waals surface area contributed by atoms with Crippen molar-refractivity contribution in [3.8, 4) is 0 Å². The predicted molar refractivity (Wildman–Crippen MR) is 98.5 cm³/mol. The topological polar surface area (TPSA) is 54.9 Å². The van der Waals surface area contributed by atoms with Crippen molar-refractivity contribution in [3.63, 3.8) is 0 Å². The summed E-state index contributed by atoms with van der Waals surface area (Å²) < 4.78 is 0. The van der Waals surface area contributed by atoms with Crippen molar-refractivity contribution >= 4 is 29.4 Å². The van der Waals surface area contributed by atoms with E-state index in [0.29, 0.717) is 11.8 Å². The maximum absolute atomic E-state index is 12.1. The summed E-state index contributed by atoms with van der Waals surface area (Å²) in [7, 11) is 0. The molecule has 3 rings (SSSR count). The van der Waals surface area contributed by atoms with Crippen LogP contribution in [0.4, 0.5) is 0 Å². The molecule has 0 unspecified atom stereocenters. The standard InChI is InChI=1S/C18H21N3OS2/c1-13-6-2-5-9-15(13)24-18-17(19-10-11-20-18)23-12-16(22)21-14-7-3-4-8-14/h2,5-6,9-11,14H,3-4,7-8,12H2,1H3,(H,21,22). The van der Waals surface area contributed by atoms with Gasteiger partial charge in [-0.3, -0.25) is 4.79 Å². The number of hydrogen-bond acceptors (Lipinski definition) is 5. The van der Waals surface area contributed by atoms with Crippen LogP contribution in [0.25, 0.3) is 0 Å². The van der Waals surface area contributed by atoms with Gasteiger partial charge >= 0.3 is 0 Å². The van der Waals surface area contributed by atoms with E-state index in [1.807, 2.05) is 12.1 Å². The second kappa shape index (κ2) is 8.53. The van der Waals surface area contributed by atoms with Crippen LogP contribution in [0, 0.1) is 6.92 Å². The minimum absolute atomic E-state index is 0.0874. The van der Waals surface area contributed by atoms with Crippen LogP contribution in [0.5, 0.6) is 0 Å². The van der Waals surface area contributed by atoms with E-state index < -0.39 is 0 Å². The number of benzene rings is 1. The molecule has 0 aliphatic heterocycles. The summed E-state index contributed by atoms with van der Waals surface area (Å²) in [5.74, 6) is 0.473. The molecule has 1 amide bonds. The Labute approximate surface area is 151 Å². The molecule has 1 aromatic carbocycles. The Bertz CT molecular complexity index is 702. The zero-order valence-corrected chi connectivity index (χ0v) is 15.3. The van der Waals surface area contributed by atoms with Crippen molar-refractivity contribution < 1.29 is 4.79 Å². The fraction of sp³-hybridized carbons (Fsp3) is 0.389. The van der Waals surface area contributed by atoms with Crippen molar-refractivity contribution in [2.45, 2.75) is 53.6 Å². The number of hydrogen-bond donors (Lipinski definition) is 1. The van der Waals surface area contributed by atoms with Gasteiger partial charge in [-0.15, -0.1) is 0 Å². The summed E-state index contributed by atoms with van der Waals surface area (Å²) in [4.78, 5) is 22.1. The molecule has 6 heteroatoms. The van der Waals surface area contributed by atoms with Crippen LogP contribution in [-0.4, -0.2) is 27.7 Å². The van der Waals surface area contributed by atoms with Gasteiger partial charge in [-0.25, -0.2) is 9.97 Å². The van der Waals surface area contributed by atoms with Crippen molar-refractivity contribution in [3.05, 3.63) is 42.2 Å². The maximum atomic E-state index is 12.1. The molecule has 2 aromatic rings. The van der Waals surface area contributed by atoms with Gasteiger partial charge in [0.25, 0.3) is 0 Å². The maximum Gasteiger partial charge on any atom is 0.230 e. The number of nitrogens with zero attached hydrogens (tertiary/aromatic N) is 2. The number of amides is 1. The van der Waals surface area contributed by atoms with Crippen LogP contribution in [0.2, 0.25) is 0 Å². The molecule has 1 saturated carbocycles. The highest BCUT2D eigenvalue weighted by Crippen LogP contribution is 2.34. The molecule has 1 N–H and O–H groups in total. The first-order valence-electron chi connectivity index (χ1n) is 8.19.